The minimum atomic E-state index is -1.32. The zero-order chi connectivity index (χ0) is 14.6. The number of urea groups is 1. The maximum atomic E-state index is 11.6. The topological polar surface area (TPSA) is 109 Å². The van der Waals surface area contributed by atoms with Gasteiger partial charge >= 0.3 is 12.0 Å². The normalized spacial score (nSPS) is 11.4. The molecule has 0 saturated heterocycles. The van der Waals surface area contributed by atoms with Crippen LogP contribution >= 0.6 is 0 Å². The number of carboxylic acids is 1. The van der Waals surface area contributed by atoms with Gasteiger partial charge in [-0.25, -0.2) is 19.3 Å². The standard InChI is InChI=1S/C11H19N5O3/c1-7(2)16-8(13-6-14-16)5-12-10(19)15-11(3,4)9(17)18/h6-7H,5H2,1-4H3,(H,17,18)(H2,12,15,19). The lowest BCUT2D eigenvalue weighted by molar-refractivity contribution is -0.142. The van der Waals surface area contributed by atoms with Gasteiger partial charge in [0.1, 0.15) is 17.7 Å². The molecule has 8 nitrogen and oxygen atoms in total. The fourth-order valence-electron chi connectivity index (χ4n) is 1.37. The zero-order valence-corrected chi connectivity index (χ0v) is 11.5. The molecule has 8 heteroatoms. The first-order valence-electron chi connectivity index (χ1n) is 5.92. The molecule has 0 aromatic carbocycles. The van der Waals surface area contributed by atoms with Crippen LogP contribution in [-0.4, -0.2) is 37.4 Å². The quantitative estimate of drug-likeness (QED) is 0.722. The molecular weight excluding hydrogens is 250 g/mol. The minimum absolute atomic E-state index is 0.137. The molecule has 106 valence electrons. The average Bonchev–Trinajstić information content (AvgIpc) is 2.73. The summed E-state index contributed by atoms with van der Waals surface area (Å²) in [6.07, 6.45) is 1.41. The predicted molar refractivity (Wildman–Crippen MR) is 67.5 cm³/mol. The fourth-order valence-corrected chi connectivity index (χ4v) is 1.37. The number of hydrogen-bond donors (Lipinski definition) is 3. The van der Waals surface area contributed by atoms with Crippen LogP contribution in [0.4, 0.5) is 4.79 Å². The summed E-state index contributed by atoms with van der Waals surface area (Å²) in [5.41, 5.74) is -1.32. The molecule has 2 amide bonds. The van der Waals surface area contributed by atoms with Crippen LogP contribution in [-0.2, 0) is 11.3 Å². The van der Waals surface area contributed by atoms with Crippen molar-refractivity contribution in [3.8, 4) is 0 Å². The van der Waals surface area contributed by atoms with Crippen molar-refractivity contribution < 1.29 is 14.7 Å². The Morgan fingerprint density at radius 2 is 2.11 bits per heavy atom. The number of carboxylic acid groups (broad SMARTS) is 1. The highest BCUT2D eigenvalue weighted by Crippen LogP contribution is 2.05. The number of carbonyl (C=O) groups is 2. The third-order valence-electron chi connectivity index (χ3n) is 2.50. The van der Waals surface area contributed by atoms with Crippen LogP contribution in [0, 0.1) is 0 Å². The molecule has 0 aliphatic rings. The van der Waals surface area contributed by atoms with Crippen molar-refractivity contribution in [2.24, 2.45) is 0 Å². The molecule has 3 N–H and O–H groups in total. The van der Waals surface area contributed by atoms with Crippen molar-refractivity contribution in [3.05, 3.63) is 12.2 Å². The van der Waals surface area contributed by atoms with Crippen molar-refractivity contribution in [3.63, 3.8) is 0 Å². The molecule has 0 atom stereocenters. The average molecular weight is 269 g/mol. The second-order valence-electron chi connectivity index (χ2n) is 4.95. The summed E-state index contributed by atoms with van der Waals surface area (Å²) in [6, 6.07) is -0.427. The van der Waals surface area contributed by atoms with Crippen LogP contribution in [0.5, 0.6) is 0 Å². The highest BCUT2D eigenvalue weighted by Gasteiger charge is 2.28. The molecule has 1 heterocycles. The maximum Gasteiger partial charge on any atom is 0.328 e. The number of rotatable bonds is 5. The number of amides is 2. The van der Waals surface area contributed by atoms with Gasteiger partial charge in [0.2, 0.25) is 0 Å². The molecule has 0 aliphatic carbocycles. The molecule has 1 rings (SSSR count). The summed E-state index contributed by atoms with van der Waals surface area (Å²) in [4.78, 5) is 26.5. The second-order valence-corrected chi connectivity index (χ2v) is 4.95. The third kappa shape index (κ3) is 3.94. The van der Waals surface area contributed by atoms with Crippen molar-refractivity contribution in [2.75, 3.05) is 0 Å². The summed E-state index contributed by atoms with van der Waals surface area (Å²) in [5.74, 6) is -0.494. The van der Waals surface area contributed by atoms with E-state index in [0.29, 0.717) is 5.82 Å². The monoisotopic (exact) mass is 269 g/mol. The van der Waals surface area contributed by atoms with E-state index in [2.05, 4.69) is 20.7 Å². The Morgan fingerprint density at radius 3 is 2.63 bits per heavy atom. The van der Waals surface area contributed by atoms with Crippen molar-refractivity contribution in [1.82, 2.24) is 25.4 Å². The van der Waals surface area contributed by atoms with E-state index in [9.17, 15) is 9.59 Å². The van der Waals surface area contributed by atoms with Gasteiger partial charge in [0.05, 0.1) is 6.54 Å². The number of hydrogen-bond acceptors (Lipinski definition) is 4. The van der Waals surface area contributed by atoms with Crippen LogP contribution in [0.15, 0.2) is 6.33 Å². The lowest BCUT2D eigenvalue weighted by atomic mass is 10.1. The third-order valence-corrected chi connectivity index (χ3v) is 2.50. The predicted octanol–water partition coefficient (Wildman–Crippen LogP) is 0.521. The lowest BCUT2D eigenvalue weighted by Gasteiger charge is -2.21. The molecule has 0 fully saturated rings. The summed E-state index contributed by atoms with van der Waals surface area (Å²) >= 11 is 0. The van der Waals surface area contributed by atoms with Gasteiger partial charge in [-0.1, -0.05) is 0 Å². The Balaban J connectivity index is 2.55. The molecule has 1 aromatic rings. The first-order valence-corrected chi connectivity index (χ1v) is 5.92. The van der Waals surface area contributed by atoms with Crippen LogP contribution < -0.4 is 10.6 Å². The van der Waals surface area contributed by atoms with E-state index in [-0.39, 0.29) is 12.6 Å². The van der Waals surface area contributed by atoms with Gasteiger partial charge in [-0.3, -0.25) is 0 Å². The Morgan fingerprint density at radius 1 is 1.47 bits per heavy atom. The molecule has 0 aliphatic heterocycles. The Labute approximate surface area is 111 Å². The number of nitrogens with zero attached hydrogens (tertiary/aromatic N) is 3. The Hall–Kier alpha value is -2.12. The van der Waals surface area contributed by atoms with Crippen molar-refractivity contribution in [1.29, 1.82) is 0 Å². The smallest absolute Gasteiger partial charge is 0.328 e. The first-order chi connectivity index (χ1) is 8.74. The number of nitrogens with one attached hydrogen (secondary N) is 2. The summed E-state index contributed by atoms with van der Waals surface area (Å²) in [6.45, 7) is 6.90. The van der Waals surface area contributed by atoms with Crippen molar-refractivity contribution >= 4 is 12.0 Å². The summed E-state index contributed by atoms with van der Waals surface area (Å²) in [5, 5.41) is 17.8. The highest BCUT2D eigenvalue weighted by molar-refractivity contribution is 5.85. The molecule has 0 saturated carbocycles. The lowest BCUT2D eigenvalue weighted by Crippen LogP contribution is -2.53. The summed E-state index contributed by atoms with van der Waals surface area (Å²) in [7, 11) is 0. The van der Waals surface area contributed by atoms with E-state index < -0.39 is 17.5 Å². The first kappa shape index (κ1) is 14.9. The van der Waals surface area contributed by atoms with E-state index in [1.165, 1.54) is 20.2 Å². The van der Waals surface area contributed by atoms with Gasteiger partial charge < -0.3 is 15.7 Å². The SMILES string of the molecule is CC(C)n1ncnc1CNC(=O)NC(C)(C)C(=O)O. The molecular formula is C11H19N5O3. The Kier molecular flexibility index (Phi) is 4.47. The van der Waals surface area contributed by atoms with Gasteiger partial charge in [0, 0.05) is 6.04 Å². The molecule has 19 heavy (non-hydrogen) atoms. The fraction of sp³-hybridized carbons (Fsp3) is 0.636. The number of aromatic nitrogens is 3. The minimum Gasteiger partial charge on any atom is -0.480 e. The van der Waals surface area contributed by atoms with Gasteiger partial charge in [-0.05, 0) is 27.7 Å². The zero-order valence-electron chi connectivity index (χ0n) is 11.5. The molecule has 0 bridgehead atoms. The van der Waals surface area contributed by atoms with Gasteiger partial charge in [0.15, 0.2) is 0 Å². The van der Waals surface area contributed by atoms with E-state index in [0.717, 1.165) is 0 Å². The van der Waals surface area contributed by atoms with Crippen LogP contribution in [0.3, 0.4) is 0 Å². The maximum absolute atomic E-state index is 11.6. The largest absolute Gasteiger partial charge is 0.480 e. The molecule has 1 aromatic heterocycles. The second kappa shape index (κ2) is 5.68. The van der Waals surface area contributed by atoms with Gasteiger partial charge in [0.25, 0.3) is 0 Å². The summed E-state index contributed by atoms with van der Waals surface area (Å²) < 4.78 is 1.68. The molecule has 0 unspecified atom stereocenters. The van der Waals surface area contributed by atoms with Crippen LogP contribution in [0.25, 0.3) is 0 Å². The van der Waals surface area contributed by atoms with E-state index in [4.69, 9.17) is 5.11 Å². The van der Waals surface area contributed by atoms with Crippen LogP contribution in [0.1, 0.15) is 39.6 Å². The van der Waals surface area contributed by atoms with Gasteiger partial charge in [-0.15, -0.1) is 0 Å². The van der Waals surface area contributed by atoms with E-state index >= 15 is 0 Å². The molecule has 0 radical (unpaired) electrons. The van der Waals surface area contributed by atoms with Crippen LogP contribution in [0.2, 0.25) is 0 Å². The number of carbonyl (C=O) groups excluding carboxylic acids is 1. The molecule has 0 spiro atoms. The Bertz CT molecular complexity index is 467. The van der Waals surface area contributed by atoms with Gasteiger partial charge in [-0.2, -0.15) is 5.10 Å². The highest BCUT2D eigenvalue weighted by atomic mass is 16.4. The van der Waals surface area contributed by atoms with E-state index in [1.807, 2.05) is 13.8 Å². The van der Waals surface area contributed by atoms with E-state index in [1.54, 1.807) is 4.68 Å². The van der Waals surface area contributed by atoms with Crippen molar-refractivity contribution in [2.45, 2.75) is 45.8 Å². The number of aliphatic carboxylic acids is 1.